The van der Waals surface area contributed by atoms with Crippen molar-refractivity contribution in [3.05, 3.63) is 77.0 Å². The summed E-state index contributed by atoms with van der Waals surface area (Å²) in [6.07, 6.45) is 4.29. The van der Waals surface area contributed by atoms with E-state index in [1.807, 2.05) is 30.3 Å². The van der Waals surface area contributed by atoms with Crippen molar-refractivity contribution in [3.8, 4) is 22.9 Å². The van der Waals surface area contributed by atoms with Crippen LogP contribution in [0.4, 0.5) is 0 Å². The lowest BCUT2D eigenvalue weighted by molar-refractivity contribution is 0.415. The molecule has 1 aliphatic rings. The van der Waals surface area contributed by atoms with Crippen molar-refractivity contribution in [1.82, 2.24) is 4.98 Å². The van der Waals surface area contributed by atoms with Gasteiger partial charge in [0.05, 0.1) is 12.7 Å². The zero-order valence-corrected chi connectivity index (χ0v) is 16.8. The van der Waals surface area contributed by atoms with Crippen LogP contribution < -0.4 is 4.74 Å². The van der Waals surface area contributed by atoms with Crippen LogP contribution in [-0.4, -0.2) is 12.1 Å². The summed E-state index contributed by atoms with van der Waals surface area (Å²) in [5.74, 6) is 1.63. The molecule has 140 valence electrons. The standard InChI is InChI=1S/C24H22N2OS/c1-27-19-13-11-18(12-14-19)23-20-9-5-6-10-22(20)26-24(21(23)15-25)28-16-17-7-3-2-4-8-17/h2-4,7-8,11-14H,5-6,9-10,16H2,1H3. The van der Waals surface area contributed by atoms with Crippen LogP contribution in [0, 0.1) is 11.3 Å². The number of fused-ring (bicyclic) bond motifs is 1. The van der Waals surface area contributed by atoms with Crippen LogP contribution in [0.1, 0.15) is 35.2 Å². The highest BCUT2D eigenvalue weighted by atomic mass is 32.2. The van der Waals surface area contributed by atoms with E-state index >= 15 is 0 Å². The van der Waals surface area contributed by atoms with E-state index in [-0.39, 0.29) is 0 Å². The lowest BCUT2D eigenvalue weighted by Gasteiger charge is -2.22. The molecule has 3 aromatic rings. The van der Waals surface area contributed by atoms with Gasteiger partial charge in [-0.25, -0.2) is 4.98 Å². The number of rotatable bonds is 5. The predicted molar refractivity (Wildman–Crippen MR) is 114 cm³/mol. The van der Waals surface area contributed by atoms with Gasteiger partial charge in [-0.15, -0.1) is 11.8 Å². The lowest BCUT2D eigenvalue weighted by atomic mass is 9.87. The summed E-state index contributed by atoms with van der Waals surface area (Å²) in [7, 11) is 1.67. The van der Waals surface area contributed by atoms with Gasteiger partial charge in [0.2, 0.25) is 0 Å². The van der Waals surface area contributed by atoms with Crippen LogP contribution in [-0.2, 0) is 18.6 Å². The van der Waals surface area contributed by atoms with Gasteiger partial charge in [-0.2, -0.15) is 5.26 Å². The summed E-state index contributed by atoms with van der Waals surface area (Å²) in [4.78, 5) is 4.93. The molecule has 0 amide bonds. The summed E-state index contributed by atoms with van der Waals surface area (Å²) in [5.41, 5.74) is 6.47. The fraction of sp³-hybridized carbons (Fsp3) is 0.250. The molecule has 4 rings (SSSR count). The van der Waals surface area contributed by atoms with E-state index in [1.54, 1.807) is 18.9 Å². The molecule has 1 heterocycles. The fourth-order valence-corrected chi connectivity index (χ4v) is 4.69. The van der Waals surface area contributed by atoms with E-state index in [1.165, 1.54) is 11.1 Å². The maximum Gasteiger partial charge on any atom is 0.118 e. The van der Waals surface area contributed by atoms with Crippen molar-refractivity contribution in [2.45, 2.75) is 36.5 Å². The number of nitriles is 1. The van der Waals surface area contributed by atoms with Gasteiger partial charge < -0.3 is 4.74 Å². The minimum atomic E-state index is 0.701. The predicted octanol–water partition coefficient (Wildman–Crippen LogP) is 5.80. The summed E-state index contributed by atoms with van der Waals surface area (Å²) in [6.45, 7) is 0. The Morgan fingerprint density at radius 2 is 1.79 bits per heavy atom. The molecule has 0 fully saturated rings. The lowest BCUT2D eigenvalue weighted by Crippen LogP contribution is -2.10. The molecule has 4 heteroatoms. The summed E-state index contributed by atoms with van der Waals surface area (Å²) >= 11 is 1.66. The zero-order chi connectivity index (χ0) is 19.3. The number of nitrogens with zero attached hydrogens (tertiary/aromatic N) is 2. The van der Waals surface area contributed by atoms with Crippen molar-refractivity contribution in [3.63, 3.8) is 0 Å². The first-order chi connectivity index (χ1) is 13.8. The molecule has 0 saturated heterocycles. The van der Waals surface area contributed by atoms with Crippen LogP contribution in [0.15, 0.2) is 59.6 Å². The van der Waals surface area contributed by atoms with Crippen LogP contribution in [0.3, 0.4) is 0 Å². The Labute approximate surface area is 170 Å². The summed E-state index contributed by atoms with van der Waals surface area (Å²) < 4.78 is 5.30. The van der Waals surface area contributed by atoms with Gasteiger partial charge in [0.15, 0.2) is 0 Å². The Hall–Kier alpha value is -2.77. The number of hydrogen-bond donors (Lipinski definition) is 0. The fourth-order valence-electron chi connectivity index (χ4n) is 3.73. The van der Waals surface area contributed by atoms with Gasteiger partial charge >= 0.3 is 0 Å². The van der Waals surface area contributed by atoms with Gasteiger partial charge in [-0.05, 0) is 54.5 Å². The minimum Gasteiger partial charge on any atom is -0.497 e. The molecular formula is C24H22N2OS. The van der Waals surface area contributed by atoms with Crippen molar-refractivity contribution < 1.29 is 4.74 Å². The Bertz CT molecular complexity index is 1010. The first kappa shape index (κ1) is 18.6. The SMILES string of the molecule is COc1ccc(-c2c(C#N)c(SCc3ccccc3)nc3c2CCCC3)cc1. The molecule has 1 aromatic heterocycles. The van der Waals surface area contributed by atoms with E-state index in [4.69, 9.17) is 9.72 Å². The van der Waals surface area contributed by atoms with Crippen molar-refractivity contribution >= 4 is 11.8 Å². The first-order valence-electron chi connectivity index (χ1n) is 9.57. The number of benzene rings is 2. The second-order valence-corrected chi connectivity index (χ2v) is 7.88. The molecule has 0 spiro atoms. The monoisotopic (exact) mass is 386 g/mol. The van der Waals surface area contributed by atoms with Crippen LogP contribution in [0.2, 0.25) is 0 Å². The molecule has 0 unspecified atom stereocenters. The van der Waals surface area contributed by atoms with Gasteiger partial charge in [-0.1, -0.05) is 42.5 Å². The van der Waals surface area contributed by atoms with E-state index in [0.717, 1.165) is 59.0 Å². The minimum absolute atomic E-state index is 0.701. The molecule has 0 radical (unpaired) electrons. The van der Waals surface area contributed by atoms with Gasteiger partial charge in [0.1, 0.15) is 16.8 Å². The highest BCUT2D eigenvalue weighted by Gasteiger charge is 2.23. The third-order valence-electron chi connectivity index (χ3n) is 5.15. The summed E-state index contributed by atoms with van der Waals surface area (Å²) in [6, 6.07) is 20.8. The maximum absolute atomic E-state index is 10.0. The second kappa shape index (κ2) is 8.50. The first-order valence-corrected chi connectivity index (χ1v) is 10.6. The normalized spacial score (nSPS) is 12.9. The molecule has 2 aromatic carbocycles. The number of ether oxygens (including phenoxy) is 1. The quantitative estimate of drug-likeness (QED) is 0.520. The molecule has 3 nitrogen and oxygen atoms in total. The molecular weight excluding hydrogens is 364 g/mol. The van der Waals surface area contributed by atoms with Gasteiger partial charge in [0.25, 0.3) is 0 Å². The van der Waals surface area contributed by atoms with Crippen molar-refractivity contribution in [2.75, 3.05) is 7.11 Å². The van der Waals surface area contributed by atoms with Crippen LogP contribution in [0.5, 0.6) is 5.75 Å². The Morgan fingerprint density at radius 1 is 1.04 bits per heavy atom. The molecule has 1 aliphatic carbocycles. The van der Waals surface area contributed by atoms with E-state index in [9.17, 15) is 5.26 Å². The topological polar surface area (TPSA) is 45.9 Å². The average Bonchev–Trinajstić information content (AvgIpc) is 2.77. The third kappa shape index (κ3) is 3.76. The molecule has 0 atom stereocenters. The Morgan fingerprint density at radius 3 is 2.50 bits per heavy atom. The van der Waals surface area contributed by atoms with Crippen LogP contribution >= 0.6 is 11.8 Å². The number of aromatic nitrogens is 1. The Kier molecular flexibility index (Phi) is 5.64. The molecule has 0 N–H and O–H groups in total. The van der Waals surface area contributed by atoms with E-state index in [2.05, 4.69) is 30.3 Å². The molecule has 0 aliphatic heterocycles. The van der Waals surface area contributed by atoms with Crippen LogP contribution in [0.25, 0.3) is 11.1 Å². The van der Waals surface area contributed by atoms with Gasteiger partial charge in [-0.3, -0.25) is 0 Å². The smallest absolute Gasteiger partial charge is 0.118 e. The largest absolute Gasteiger partial charge is 0.497 e. The molecule has 0 bridgehead atoms. The molecule has 0 saturated carbocycles. The van der Waals surface area contributed by atoms with Crippen molar-refractivity contribution in [1.29, 1.82) is 5.26 Å². The second-order valence-electron chi connectivity index (χ2n) is 6.91. The van der Waals surface area contributed by atoms with Gasteiger partial charge in [0, 0.05) is 17.0 Å². The number of methoxy groups -OCH3 is 1. The number of aryl methyl sites for hydroxylation is 1. The van der Waals surface area contributed by atoms with E-state index in [0.29, 0.717) is 5.56 Å². The highest BCUT2D eigenvalue weighted by molar-refractivity contribution is 7.98. The summed E-state index contributed by atoms with van der Waals surface area (Å²) in [5, 5.41) is 10.9. The van der Waals surface area contributed by atoms with Crippen molar-refractivity contribution in [2.24, 2.45) is 0 Å². The zero-order valence-electron chi connectivity index (χ0n) is 15.9. The average molecular weight is 387 g/mol. The number of hydrogen-bond acceptors (Lipinski definition) is 4. The third-order valence-corrected chi connectivity index (χ3v) is 6.20. The molecule has 28 heavy (non-hydrogen) atoms. The number of pyridine rings is 1. The highest BCUT2D eigenvalue weighted by Crippen LogP contribution is 2.39. The number of thioether (sulfide) groups is 1. The Balaban J connectivity index is 1.79. The van der Waals surface area contributed by atoms with E-state index < -0.39 is 0 Å². The maximum atomic E-state index is 10.0.